The number of amides is 1. The van der Waals surface area contributed by atoms with Crippen molar-refractivity contribution in [3.8, 4) is 28.6 Å². The summed E-state index contributed by atoms with van der Waals surface area (Å²) in [5.74, 6) is 3.27. The fourth-order valence-corrected chi connectivity index (χ4v) is 4.66. The van der Waals surface area contributed by atoms with Crippen molar-refractivity contribution in [3.05, 3.63) is 65.4 Å². The van der Waals surface area contributed by atoms with Crippen LogP contribution in [-0.4, -0.2) is 45.0 Å². The van der Waals surface area contributed by atoms with Crippen molar-refractivity contribution in [3.63, 3.8) is 0 Å². The van der Waals surface area contributed by atoms with Gasteiger partial charge in [-0.15, -0.1) is 21.5 Å². The summed E-state index contributed by atoms with van der Waals surface area (Å²) in [5.41, 5.74) is 1.39. The van der Waals surface area contributed by atoms with E-state index >= 15 is 0 Å². The second kappa shape index (κ2) is 11.5. The zero-order valence-corrected chi connectivity index (χ0v) is 21.7. The molecule has 1 unspecified atom stereocenters. The Hall–Kier alpha value is -3.76. The number of hydrogen-bond acceptors (Lipinski definition) is 8. The number of benzene rings is 2. The summed E-state index contributed by atoms with van der Waals surface area (Å²) in [7, 11) is 0. The molecule has 1 atom stereocenters. The van der Waals surface area contributed by atoms with Crippen molar-refractivity contribution in [2.24, 2.45) is 0 Å². The monoisotopic (exact) mass is 519 g/mol. The number of aryl methyl sites for hydroxylation is 1. The van der Waals surface area contributed by atoms with Gasteiger partial charge in [-0.2, -0.15) is 0 Å². The zero-order chi connectivity index (χ0) is 25.6. The molecule has 10 heteroatoms. The Morgan fingerprint density at radius 3 is 2.70 bits per heavy atom. The van der Waals surface area contributed by atoms with Crippen molar-refractivity contribution in [2.75, 3.05) is 18.5 Å². The lowest BCUT2D eigenvalue weighted by atomic mass is 10.1. The van der Waals surface area contributed by atoms with Crippen molar-refractivity contribution in [1.82, 2.24) is 19.7 Å². The Labute approximate surface area is 219 Å². The summed E-state index contributed by atoms with van der Waals surface area (Å²) in [6.45, 7) is 6.00. The van der Waals surface area contributed by atoms with E-state index in [9.17, 15) is 4.79 Å². The molecule has 1 aliphatic heterocycles. The van der Waals surface area contributed by atoms with Crippen LogP contribution in [-0.2, 0) is 17.7 Å². The van der Waals surface area contributed by atoms with E-state index in [1.54, 1.807) is 29.8 Å². The molecule has 3 heterocycles. The molecule has 4 aromatic rings. The predicted octanol–water partition coefficient (Wildman–Crippen LogP) is 5.59. The van der Waals surface area contributed by atoms with Crippen LogP contribution in [0.4, 0.5) is 5.13 Å². The number of aromatic nitrogens is 4. The number of fused-ring (bicyclic) bond motifs is 1. The average molecular weight is 520 g/mol. The molecule has 1 N–H and O–H groups in total. The van der Waals surface area contributed by atoms with E-state index in [0.717, 1.165) is 43.0 Å². The van der Waals surface area contributed by atoms with Crippen LogP contribution in [0, 0.1) is 0 Å². The predicted molar refractivity (Wildman–Crippen MR) is 142 cm³/mol. The number of rotatable bonds is 11. The van der Waals surface area contributed by atoms with Crippen LogP contribution < -0.4 is 14.8 Å². The highest BCUT2D eigenvalue weighted by Crippen LogP contribution is 2.31. The Balaban J connectivity index is 1.37. The normalized spacial score (nSPS) is 13.2. The topological polar surface area (TPSA) is 100 Å². The lowest BCUT2D eigenvalue weighted by Gasteiger charge is -2.19. The largest absolute Gasteiger partial charge is 0.488 e. The Bertz CT molecular complexity index is 1340. The Kier molecular flexibility index (Phi) is 7.76. The second-order valence-electron chi connectivity index (χ2n) is 8.61. The molecule has 0 saturated heterocycles. The second-order valence-corrected chi connectivity index (χ2v) is 9.51. The van der Waals surface area contributed by atoms with Gasteiger partial charge in [-0.3, -0.25) is 10.1 Å². The Morgan fingerprint density at radius 2 is 1.95 bits per heavy atom. The number of anilines is 1. The molecular weight excluding hydrogens is 490 g/mol. The molecule has 5 rings (SSSR count). The lowest BCUT2D eigenvalue weighted by Crippen LogP contribution is -2.22. The smallest absolute Gasteiger partial charge is 0.257 e. The third-order valence-electron chi connectivity index (χ3n) is 6.02. The molecular formula is C27H29N5O4S. The molecule has 9 nitrogen and oxygen atoms in total. The van der Waals surface area contributed by atoms with E-state index in [1.807, 2.05) is 38.1 Å². The third-order valence-corrected chi connectivity index (χ3v) is 6.71. The Morgan fingerprint density at radius 1 is 1.11 bits per heavy atom. The van der Waals surface area contributed by atoms with Crippen LogP contribution in [0.1, 0.15) is 42.9 Å². The number of nitrogens with one attached hydrogen (secondary N) is 1. The van der Waals surface area contributed by atoms with E-state index < -0.39 is 0 Å². The van der Waals surface area contributed by atoms with Crippen molar-refractivity contribution in [1.29, 1.82) is 0 Å². The molecule has 37 heavy (non-hydrogen) atoms. The zero-order valence-electron chi connectivity index (χ0n) is 20.8. The van der Waals surface area contributed by atoms with E-state index in [-0.39, 0.29) is 12.0 Å². The highest BCUT2D eigenvalue weighted by atomic mass is 32.1. The fraction of sp³-hybridized carbons (Fsp3) is 0.333. The standard InChI is InChI=1S/C27H29N5O4S/c1-3-20(17-34-4-2)35-22-14-19(26(33)29-27-28-11-13-37-27)15-23(16-22)36-21-9-7-18(8-10-21)25-31-30-24-6-5-12-32(24)25/h7-11,13-16,20H,3-6,12,17H2,1-2H3,(H,28,29,33). The average Bonchev–Trinajstić information content (AvgIpc) is 3.66. The minimum Gasteiger partial charge on any atom is -0.488 e. The van der Waals surface area contributed by atoms with Crippen molar-refractivity contribution >= 4 is 22.4 Å². The number of carbonyl (C=O) groups excluding carboxylic acids is 1. The van der Waals surface area contributed by atoms with Gasteiger partial charge in [-0.1, -0.05) is 6.92 Å². The molecule has 2 aromatic heterocycles. The number of carbonyl (C=O) groups is 1. The molecule has 0 fully saturated rings. The van der Waals surface area contributed by atoms with Gasteiger partial charge in [0, 0.05) is 48.3 Å². The van der Waals surface area contributed by atoms with Gasteiger partial charge in [0.2, 0.25) is 0 Å². The lowest BCUT2D eigenvalue weighted by molar-refractivity contribution is 0.0546. The van der Waals surface area contributed by atoms with E-state index in [4.69, 9.17) is 14.2 Å². The van der Waals surface area contributed by atoms with Crippen LogP contribution in [0.25, 0.3) is 11.4 Å². The number of hydrogen-bond donors (Lipinski definition) is 1. The molecule has 2 aromatic carbocycles. The first-order valence-electron chi connectivity index (χ1n) is 12.4. The highest BCUT2D eigenvalue weighted by molar-refractivity contribution is 7.13. The van der Waals surface area contributed by atoms with Gasteiger partial charge in [0.25, 0.3) is 5.91 Å². The van der Waals surface area contributed by atoms with Gasteiger partial charge in [0.1, 0.15) is 29.2 Å². The molecule has 0 radical (unpaired) electrons. The molecule has 0 bridgehead atoms. The van der Waals surface area contributed by atoms with Gasteiger partial charge in [0.05, 0.1) is 6.61 Å². The maximum atomic E-state index is 13.0. The first-order chi connectivity index (χ1) is 18.1. The van der Waals surface area contributed by atoms with Crippen LogP contribution in [0.15, 0.2) is 54.0 Å². The molecule has 1 amide bonds. The van der Waals surface area contributed by atoms with Crippen LogP contribution in [0.2, 0.25) is 0 Å². The van der Waals surface area contributed by atoms with Crippen molar-refractivity contribution in [2.45, 2.75) is 45.8 Å². The van der Waals surface area contributed by atoms with Crippen LogP contribution in [0.3, 0.4) is 0 Å². The SMILES string of the molecule is CCOCC(CC)Oc1cc(Oc2ccc(-c3nnc4n3CCC4)cc2)cc(C(=O)Nc2nccs2)c1. The molecule has 1 aliphatic rings. The highest BCUT2D eigenvalue weighted by Gasteiger charge is 2.19. The first kappa shape index (κ1) is 24.9. The summed E-state index contributed by atoms with van der Waals surface area (Å²) in [5, 5.41) is 13.8. The van der Waals surface area contributed by atoms with Gasteiger partial charge in [-0.05, 0) is 56.2 Å². The van der Waals surface area contributed by atoms with Gasteiger partial charge in [0.15, 0.2) is 11.0 Å². The first-order valence-corrected chi connectivity index (χ1v) is 13.3. The van der Waals surface area contributed by atoms with Gasteiger partial charge in [-0.25, -0.2) is 4.98 Å². The molecule has 0 aliphatic carbocycles. The van der Waals surface area contributed by atoms with E-state index in [2.05, 4.69) is 25.1 Å². The maximum Gasteiger partial charge on any atom is 0.257 e. The summed E-state index contributed by atoms with van der Waals surface area (Å²) < 4.78 is 20.0. The minimum atomic E-state index is -0.292. The number of nitrogens with zero attached hydrogens (tertiary/aromatic N) is 4. The molecule has 0 spiro atoms. The third kappa shape index (κ3) is 5.98. The fourth-order valence-electron chi connectivity index (χ4n) is 4.13. The number of ether oxygens (including phenoxy) is 3. The minimum absolute atomic E-state index is 0.144. The number of thiazole rings is 1. The van der Waals surface area contributed by atoms with Crippen LogP contribution in [0.5, 0.6) is 17.2 Å². The van der Waals surface area contributed by atoms with E-state index in [0.29, 0.717) is 41.2 Å². The summed E-state index contributed by atoms with van der Waals surface area (Å²) in [6.07, 6.45) is 4.33. The quantitative estimate of drug-likeness (QED) is 0.276. The van der Waals surface area contributed by atoms with Gasteiger partial charge < -0.3 is 18.8 Å². The van der Waals surface area contributed by atoms with E-state index in [1.165, 1.54) is 11.3 Å². The summed E-state index contributed by atoms with van der Waals surface area (Å²) in [4.78, 5) is 17.1. The van der Waals surface area contributed by atoms with Gasteiger partial charge >= 0.3 is 0 Å². The molecule has 0 saturated carbocycles. The summed E-state index contributed by atoms with van der Waals surface area (Å²) in [6, 6.07) is 12.9. The maximum absolute atomic E-state index is 13.0. The summed E-state index contributed by atoms with van der Waals surface area (Å²) >= 11 is 1.35. The van der Waals surface area contributed by atoms with Crippen molar-refractivity contribution < 1.29 is 19.0 Å². The molecule has 192 valence electrons. The van der Waals surface area contributed by atoms with Crippen LogP contribution >= 0.6 is 11.3 Å².